The van der Waals surface area contributed by atoms with Crippen molar-refractivity contribution in [3.63, 3.8) is 0 Å². The number of anilines is 1. The van der Waals surface area contributed by atoms with Gasteiger partial charge in [-0.3, -0.25) is 9.78 Å². The third-order valence-electron chi connectivity index (χ3n) is 2.19. The van der Waals surface area contributed by atoms with Crippen LogP contribution in [0.15, 0.2) is 36.7 Å². The second-order valence-corrected chi connectivity index (χ2v) is 3.41. The number of carbonyl (C=O) groups excluding carboxylic acids is 1. The lowest BCUT2D eigenvalue weighted by Gasteiger charge is -2.03. The van der Waals surface area contributed by atoms with Crippen LogP contribution in [0.4, 0.5) is 5.82 Å². The molecule has 1 amide bonds. The van der Waals surface area contributed by atoms with Crippen molar-refractivity contribution in [2.75, 3.05) is 5.32 Å². The van der Waals surface area contributed by atoms with E-state index in [4.69, 9.17) is 5.26 Å². The monoisotopic (exact) mass is 226 g/mol. The van der Waals surface area contributed by atoms with Crippen molar-refractivity contribution in [2.24, 2.45) is 0 Å². The molecule has 84 valence electrons. The number of aromatic nitrogens is 2. The van der Waals surface area contributed by atoms with Crippen LogP contribution in [-0.4, -0.2) is 15.9 Å². The van der Waals surface area contributed by atoms with Gasteiger partial charge < -0.3 is 10.3 Å². The average Bonchev–Trinajstić information content (AvgIpc) is 2.83. The molecule has 0 bridgehead atoms. The normalized spacial score (nSPS) is 9.59. The van der Waals surface area contributed by atoms with Gasteiger partial charge in [-0.05, 0) is 24.3 Å². The van der Waals surface area contributed by atoms with E-state index in [1.807, 2.05) is 6.07 Å². The van der Waals surface area contributed by atoms with E-state index in [9.17, 15) is 4.79 Å². The van der Waals surface area contributed by atoms with E-state index < -0.39 is 0 Å². The van der Waals surface area contributed by atoms with Gasteiger partial charge in [-0.15, -0.1) is 0 Å². The standard InChI is InChI=1S/C12H10N4O/c13-5-3-10-8-9(4-7-14-10)12(17)16-11-2-1-6-15-11/h1-2,4,6-8,15H,3H2,(H,16,17). The summed E-state index contributed by atoms with van der Waals surface area (Å²) < 4.78 is 0. The van der Waals surface area contributed by atoms with Crippen molar-refractivity contribution in [1.82, 2.24) is 9.97 Å². The van der Waals surface area contributed by atoms with Crippen molar-refractivity contribution in [3.8, 4) is 6.07 Å². The predicted octanol–water partition coefficient (Wildman–Crippen LogP) is 1.73. The van der Waals surface area contributed by atoms with Gasteiger partial charge in [0.2, 0.25) is 0 Å². The van der Waals surface area contributed by atoms with Gasteiger partial charge in [0.05, 0.1) is 18.2 Å². The number of rotatable bonds is 3. The number of nitrogens with one attached hydrogen (secondary N) is 2. The Labute approximate surface area is 98.1 Å². The molecule has 0 spiro atoms. The Morgan fingerprint density at radius 1 is 1.53 bits per heavy atom. The fourth-order valence-corrected chi connectivity index (χ4v) is 1.40. The number of hydrogen-bond donors (Lipinski definition) is 2. The molecule has 0 saturated heterocycles. The van der Waals surface area contributed by atoms with Gasteiger partial charge in [0, 0.05) is 18.0 Å². The molecule has 2 aromatic heterocycles. The van der Waals surface area contributed by atoms with Crippen LogP contribution in [0.1, 0.15) is 16.1 Å². The quantitative estimate of drug-likeness (QED) is 0.836. The fourth-order valence-electron chi connectivity index (χ4n) is 1.40. The molecule has 0 saturated carbocycles. The molecule has 0 radical (unpaired) electrons. The topological polar surface area (TPSA) is 81.6 Å². The lowest BCUT2D eigenvalue weighted by Crippen LogP contribution is -2.12. The lowest BCUT2D eigenvalue weighted by atomic mass is 10.2. The molecule has 0 fully saturated rings. The minimum absolute atomic E-state index is 0.198. The third-order valence-corrected chi connectivity index (χ3v) is 2.19. The van der Waals surface area contributed by atoms with Crippen LogP contribution in [0, 0.1) is 11.3 Å². The summed E-state index contributed by atoms with van der Waals surface area (Å²) in [5, 5.41) is 11.3. The molecule has 17 heavy (non-hydrogen) atoms. The van der Waals surface area contributed by atoms with Gasteiger partial charge in [0.15, 0.2) is 0 Å². The molecule has 0 aliphatic rings. The Bertz CT molecular complexity index is 554. The van der Waals surface area contributed by atoms with Crippen LogP contribution >= 0.6 is 0 Å². The zero-order valence-electron chi connectivity index (χ0n) is 8.97. The van der Waals surface area contributed by atoms with Gasteiger partial charge >= 0.3 is 0 Å². The molecule has 0 aliphatic carbocycles. The first kappa shape index (κ1) is 10.9. The molecule has 0 unspecified atom stereocenters. The minimum atomic E-state index is -0.228. The molecule has 2 rings (SSSR count). The highest BCUT2D eigenvalue weighted by atomic mass is 16.1. The summed E-state index contributed by atoms with van der Waals surface area (Å²) in [6, 6.07) is 8.77. The number of nitriles is 1. The molecule has 2 aromatic rings. The van der Waals surface area contributed by atoms with E-state index >= 15 is 0 Å². The third kappa shape index (κ3) is 2.69. The Morgan fingerprint density at radius 3 is 3.12 bits per heavy atom. The van der Waals surface area contributed by atoms with Gasteiger partial charge in [-0.25, -0.2) is 0 Å². The zero-order chi connectivity index (χ0) is 12.1. The molecule has 2 N–H and O–H groups in total. The van der Waals surface area contributed by atoms with Crippen molar-refractivity contribution in [3.05, 3.63) is 47.9 Å². The van der Waals surface area contributed by atoms with Crippen molar-refractivity contribution < 1.29 is 4.79 Å². The number of aromatic amines is 1. The van der Waals surface area contributed by atoms with E-state index in [1.165, 1.54) is 6.20 Å². The molecule has 5 heteroatoms. The highest BCUT2D eigenvalue weighted by Crippen LogP contribution is 2.07. The maximum Gasteiger partial charge on any atom is 0.256 e. The summed E-state index contributed by atoms with van der Waals surface area (Å²) in [4.78, 5) is 18.7. The van der Waals surface area contributed by atoms with Crippen molar-refractivity contribution in [1.29, 1.82) is 5.26 Å². The first-order chi connectivity index (χ1) is 8.29. The van der Waals surface area contributed by atoms with Crippen LogP contribution in [-0.2, 0) is 6.42 Å². The second kappa shape index (κ2) is 4.94. The molecule has 0 atom stereocenters. The van der Waals surface area contributed by atoms with Crippen LogP contribution in [0.25, 0.3) is 0 Å². The maximum atomic E-state index is 11.8. The number of amides is 1. The summed E-state index contributed by atoms with van der Waals surface area (Å²) in [5.41, 5.74) is 1.08. The number of carbonyl (C=O) groups is 1. The van der Waals surface area contributed by atoms with E-state index in [0.29, 0.717) is 17.1 Å². The number of nitrogens with zero attached hydrogens (tertiary/aromatic N) is 2. The summed E-state index contributed by atoms with van der Waals surface area (Å²) in [7, 11) is 0. The number of hydrogen-bond acceptors (Lipinski definition) is 3. The number of pyridine rings is 1. The van der Waals surface area contributed by atoms with Crippen LogP contribution < -0.4 is 5.32 Å². The first-order valence-corrected chi connectivity index (χ1v) is 5.06. The SMILES string of the molecule is N#CCc1cc(C(=O)Nc2ccc[nH]2)ccn1. The van der Waals surface area contributed by atoms with E-state index in [0.717, 1.165) is 0 Å². The average molecular weight is 226 g/mol. The van der Waals surface area contributed by atoms with Gasteiger partial charge in [-0.1, -0.05) is 0 Å². The smallest absolute Gasteiger partial charge is 0.256 e. The minimum Gasteiger partial charge on any atom is -0.348 e. The largest absolute Gasteiger partial charge is 0.348 e. The van der Waals surface area contributed by atoms with Crippen molar-refractivity contribution >= 4 is 11.7 Å². The molecule has 0 aliphatic heterocycles. The lowest BCUT2D eigenvalue weighted by molar-refractivity contribution is 0.102. The summed E-state index contributed by atoms with van der Waals surface area (Å²) >= 11 is 0. The summed E-state index contributed by atoms with van der Waals surface area (Å²) in [5.74, 6) is 0.405. The molecule has 2 heterocycles. The Balaban J connectivity index is 2.14. The fraction of sp³-hybridized carbons (Fsp3) is 0.0833. The Morgan fingerprint density at radius 2 is 2.41 bits per heavy atom. The van der Waals surface area contributed by atoms with E-state index in [-0.39, 0.29) is 12.3 Å². The Kier molecular flexibility index (Phi) is 3.17. The summed E-state index contributed by atoms with van der Waals surface area (Å²) in [6.45, 7) is 0. The first-order valence-electron chi connectivity index (χ1n) is 5.06. The van der Waals surface area contributed by atoms with Gasteiger partial charge in [0.1, 0.15) is 5.82 Å². The van der Waals surface area contributed by atoms with Gasteiger partial charge in [0.25, 0.3) is 5.91 Å². The second-order valence-electron chi connectivity index (χ2n) is 3.41. The van der Waals surface area contributed by atoms with Gasteiger partial charge in [-0.2, -0.15) is 5.26 Å². The highest BCUT2D eigenvalue weighted by molar-refractivity contribution is 6.03. The summed E-state index contributed by atoms with van der Waals surface area (Å²) in [6.07, 6.45) is 3.45. The molecule has 0 aromatic carbocycles. The zero-order valence-corrected chi connectivity index (χ0v) is 8.97. The predicted molar refractivity (Wildman–Crippen MR) is 62.3 cm³/mol. The van der Waals surface area contributed by atoms with E-state index in [1.54, 1.807) is 30.5 Å². The number of H-pyrrole nitrogens is 1. The Hall–Kier alpha value is -2.61. The highest BCUT2D eigenvalue weighted by Gasteiger charge is 2.07. The maximum absolute atomic E-state index is 11.8. The molecule has 5 nitrogen and oxygen atoms in total. The molecular weight excluding hydrogens is 216 g/mol. The van der Waals surface area contributed by atoms with Crippen LogP contribution in [0.3, 0.4) is 0 Å². The van der Waals surface area contributed by atoms with Crippen LogP contribution in [0.5, 0.6) is 0 Å². The van der Waals surface area contributed by atoms with Crippen molar-refractivity contribution in [2.45, 2.75) is 6.42 Å². The van der Waals surface area contributed by atoms with Crippen LogP contribution in [0.2, 0.25) is 0 Å². The van der Waals surface area contributed by atoms with E-state index in [2.05, 4.69) is 15.3 Å². The molecular formula is C12H10N4O.